The van der Waals surface area contributed by atoms with Crippen molar-refractivity contribution in [2.24, 2.45) is 11.5 Å². The molecule has 0 fully saturated rings. The van der Waals surface area contributed by atoms with Crippen LogP contribution >= 0.6 is 0 Å². The normalized spacial score (nSPS) is 11.2. The van der Waals surface area contributed by atoms with E-state index in [2.05, 4.69) is 24.4 Å². The molecule has 0 radical (unpaired) electrons. The van der Waals surface area contributed by atoms with Crippen molar-refractivity contribution in [1.82, 2.24) is 0 Å². The molecule has 0 heterocycles. The summed E-state index contributed by atoms with van der Waals surface area (Å²) in [5.74, 6) is 0.896. The van der Waals surface area contributed by atoms with E-state index in [9.17, 15) is 4.79 Å². The molecule has 0 saturated carbocycles. The Bertz CT molecular complexity index is 484. The highest BCUT2D eigenvalue weighted by Crippen LogP contribution is 2.17. The van der Waals surface area contributed by atoms with Crippen LogP contribution in [-0.4, -0.2) is 43.4 Å². The largest absolute Gasteiger partial charge is 0.494 e. The smallest absolute Gasteiger partial charge is 0.148 e. The lowest BCUT2D eigenvalue weighted by Crippen LogP contribution is -2.28. The van der Waals surface area contributed by atoms with Gasteiger partial charge in [0.15, 0.2) is 0 Å². The molecular formula is C22H40N2O4. The van der Waals surface area contributed by atoms with Gasteiger partial charge in [-0.2, -0.15) is 0 Å². The SMILES string of the molecule is C=CN.CC(C)(C)OC(C=O)CCCc1ccc(OCCCCN)cc1.CO. The third kappa shape index (κ3) is 17.5. The summed E-state index contributed by atoms with van der Waals surface area (Å²) in [5, 5.41) is 7.00. The number of aldehydes is 1. The van der Waals surface area contributed by atoms with Crippen molar-refractivity contribution in [3.05, 3.63) is 42.6 Å². The van der Waals surface area contributed by atoms with Gasteiger partial charge in [-0.1, -0.05) is 18.7 Å². The first-order valence-corrected chi connectivity index (χ1v) is 9.68. The van der Waals surface area contributed by atoms with Gasteiger partial charge in [-0.15, -0.1) is 0 Å². The van der Waals surface area contributed by atoms with E-state index in [4.69, 9.17) is 20.3 Å². The summed E-state index contributed by atoms with van der Waals surface area (Å²) in [4.78, 5) is 11.1. The Morgan fingerprint density at radius 2 is 1.71 bits per heavy atom. The number of aryl methyl sites for hydroxylation is 1. The van der Waals surface area contributed by atoms with Crippen LogP contribution in [0.1, 0.15) is 52.0 Å². The number of hydrogen-bond donors (Lipinski definition) is 3. The van der Waals surface area contributed by atoms with E-state index in [1.54, 1.807) is 0 Å². The topological polar surface area (TPSA) is 108 Å². The monoisotopic (exact) mass is 396 g/mol. The lowest BCUT2D eigenvalue weighted by atomic mass is 10.1. The number of carbonyl (C=O) groups excluding carboxylic acids is 1. The van der Waals surface area contributed by atoms with E-state index in [1.807, 2.05) is 32.9 Å². The van der Waals surface area contributed by atoms with E-state index < -0.39 is 0 Å². The van der Waals surface area contributed by atoms with E-state index in [0.717, 1.165) is 51.2 Å². The second kappa shape index (κ2) is 18.5. The molecular weight excluding hydrogens is 356 g/mol. The highest BCUT2D eigenvalue weighted by atomic mass is 16.5. The van der Waals surface area contributed by atoms with Crippen LogP contribution < -0.4 is 16.2 Å². The lowest BCUT2D eigenvalue weighted by molar-refractivity contribution is -0.128. The summed E-state index contributed by atoms with van der Waals surface area (Å²) in [6.45, 7) is 10.5. The number of rotatable bonds is 11. The molecule has 0 aromatic heterocycles. The zero-order chi connectivity index (χ0) is 21.8. The van der Waals surface area contributed by atoms with Gasteiger partial charge >= 0.3 is 0 Å². The number of aliphatic hydroxyl groups is 1. The molecule has 1 rings (SSSR count). The summed E-state index contributed by atoms with van der Waals surface area (Å²) in [6, 6.07) is 8.17. The molecule has 1 aromatic rings. The van der Waals surface area contributed by atoms with Crippen LogP contribution in [0.3, 0.4) is 0 Å². The van der Waals surface area contributed by atoms with Crippen molar-refractivity contribution < 1.29 is 19.4 Å². The molecule has 0 aliphatic heterocycles. The maximum atomic E-state index is 11.1. The molecule has 28 heavy (non-hydrogen) atoms. The second-order valence-corrected chi connectivity index (χ2v) is 7.02. The van der Waals surface area contributed by atoms with Crippen molar-refractivity contribution >= 4 is 6.29 Å². The van der Waals surface area contributed by atoms with Gasteiger partial charge in [-0.05, 0) is 83.3 Å². The lowest BCUT2D eigenvalue weighted by Gasteiger charge is -2.24. The van der Waals surface area contributed by atoms with Gasteiger partial charge in [0.25, 0.3) is 0 Å². The molecule has 6 nitrogen and oxygen atoms in total. The van der Waals surface area contributed by atoms with E-state index in [-0.39, 0.29) is 11.7 Å². The third-order valence-electron chi connectivity index (χ3n) is 3.40. The minimum absolute atomic E-state index is 0.283. The molecule has 162 valence electrons. The van der Waals surface area contributed by atoms with Gasteiger partial charge in [0.2, 0.25) is 0 Å². The van der Waals surface area contributed by atoms with E-state index in [1.165, 1.54) is 11.8 Å². The molecule has 0 aliphatic carbocycles. The fourth-order valence-electron chi connectivity index (χ4n) is 2.31. The predicted octanol–water partition coefficient (Wildman–Crippen LogP) is 3.21. The number of benzene rings is 1. The molecule has 1 aromatic carbocycles. The van der Waals surface area contributed by atoms with Crippen LogP contribution in [-0.2, 0) is 16.0 Å². The Balaban J connectivity index is 0. The summed E-state index contributed by atoms with van der Waals surface area (Å²) in [6.07, 6.45) is 6.43. The average molecular weight is 397 g/mol. The fourth-order valence-corrected chi connectivity index (χ4v) is 2.31. The van der Waals surface area contributed by atoms with Gasteiger partial charge in [0.1, 0.15) is 18.1 Å². The van der Waals surface area contributed by atoms with Crippen molar-refractivity contribution in [1.29, 1.82) is 0 Å². The second-order valence-electron chi connectivity index (χ2n) is 7.02. The van der Waals surface area contributed by atoms with Gasteiger partial charge in [0.05, 0.1) is 12.2 Å². The Hall–Kier alpha value is -1.89. The Kier molecular flexibility index (Phi) is 18.7. The number of carbonyl (C=O) groups is 1. The molecule has 5 N–H and O–H groups in total. The highest BCUT2D eigenvalue weighted by Gasteiger charge is 2.17. The van der Waals surface area contributed by atoms with E-state index >= 15 is 0 Å². The Morgan fingerprint density at radius 3 is 2.18 bits per heavy atom. The first-order valence-electron chi connectivity index (χ1n) is 9.68. The molecule has 1 atom stereocenters. The van der Waals surface area contributed by atoms with Crippen molar-refractivity contribution in [2.75, 3.05) is 20.3 Å². The number of unbranched alkanes of at least 4 members (excludes halogenated alkanes) is 1. The average Bonchev–Trinajstić information content (AvgIpc) is 2.67. The molecule has 6 heteroatoms. The Labute approximate surface area is 170 Å². The standard InChI is InChI=1S/C19H31NO3.C2H5N.CH4O/c1-19(2,3)23-18(15-21)8-6-7-16-9-11-17(12-10-16)22-14-5-4-13-20;1-2-3;1-2/h9-12,15,18H,4-8,13-14,20H2,1-3H3;2H,1,3H2;2H,1H3. The fraction of sp³-hybridized carbons (Fsp3) is 0.591. The van der Waals surface area contributed by atoms with Gasteiger partial charge in [-0.25, -0.2) is 0 Å². The number of ether oxygens (including phenoxy) is 2. The maximum absolute atomic E-state index is 11.1. The van der Waals surface area contributed by atoms with Crippen LogP contribution in [0.4, 0.5) is 0 Å². The third-order valence-corrected chi connectivity index (χ3v) is 3.40. The van der Waals surface area contributed by atoms with Gasteiger partial charge < -0.3 is 30.8 Å². The minimum Gasteiger partial charge on any atom is -0.494 e. The van der Waals surface area contributed by atoms with Crippen molar-refractivity contribution in [3.63, 3.8) is 0 Å². The summed E-state index contributed by atoms with van der Waals surface area (Å²) < 4.78 is 11.4. The summed E-state index contributed by atoms with van der Waals surface area (Å²) >= 11 is 0. The Morgan fingerprint density at radius 1 is 1.14 bits per heavy atom. The van der Waals surface area contributed by atoms with Gasteiger partial charge in [0, 0.05) is 7.11 Å². The summed E-state index contributed by atoms with van der Waals surface area (Å²) in [7, 11) is 1.00. The minimum atomic E-state index is -0.319. The molecule has 0 saturated heterocycles. The molecule has 0 spiro atoms. The highest BCUT2D eigenvalue weighted by molar-refractivity contribution is 5.55. The first kappa shape index (κ1) is 28.3. The molecule has 0 bridgehead atoms. The predicted molar refractivity (Wildman–Crippen MR) is 116 cm³/mol. The quantitative estimate of drug-likeness (QED) is 0.391. The summed E-state index contributed by atoms with van der Waals surface area (Å²) in [5.41, 5.74) is 11.0. The van der Waals surface area contributed by atoms with Gasteiger partial charge in [-0.3, -0.25) is 0 Å². The molecule has 0 amide bonds. The van der Waals surface area contributed by atoms with Crippen molar-refractivity contribution in [3.8, 4) is 5.75 Å². The molecule has 1 unspecified atom stereocenters. The first-order chi connectivity index (χ1) is 13.4. The van der Waals surface area contributed by atoms with Crippen molar-refractivity contribution in [2.45, 2.75) is 64.6 Å². The number of aliphatic hydroxyl groups excluding tert-OH is 1. The zero-order valence-electron chi connectivity index (χ0n) is 18.0. The van der Waals surface area contributed by atoms with Crippen LogP contribution in [0.5, 0.6) is 5.75 Å². The van der Waals surface area contributed by atoms with Crippen LogP contribution in [0.25, 0.3) is 0 Å². The van der Waals surface area contributed by atoms with E-state index in [0.29, 0.717) is 13.2 Å². The zero-order valence-corrected chi connectivity index (χ0v) is 18.0. The maximum Gasteiger partial charge on any atom is 0.148 e. The molecule has 0 aliphatic rings. The number of hydrogen-bond acceptors (Lipinski definition) is 6. The van der Waals surface area contributed by atoms with Crippen LogP contribution in [0.15, 0.2) is 37.0 Å². The number of nitrogens with two attached hydrogens (primary N) is 2. The van der Waals surface area contributed by atoms with Crippen LogP contribution in [0.2, 0.25) is 0 Å². The van der Waals surface area contributed by atoms with Crippen LogP contribution in [0, 0.1) is 0 Å².